The molecular weight excluding hydrogens is 250 g/mol. The third kappa shape index (κ3) is 3.79. The lowest BCUT2D eigenvalue weighted by atomic mass is 10.1. The van der Waals surface area contributed by atoms with E-state index in [9.17, 15) is 0 Å². The maximum Gasteiger partial charge on any atom is 0.161 e. The average molecular weight is 270 g/mol. The number of halogens is 1. The molecule has 0 saturated carbocycles. The monoisotopic (exact) mass is 269 g/mol. The van der Waals surface area contributed by atoms with Gasteiger partial charge in [0.05, 0.1) is 7.11 Å². The molecule has 4 heteroatoms. The van der Waals surface area contributed by atoms with Crippen LogP contribution in [-0.2, 0) is 0 Å². The molecule has 1 aliphatic rings. The van der Waals surface area contributed by atoms with Crippen LogP contribution in [0.25, 0.3) is 0 Å². The summed E-state index contributed by atoms with van der Waals surface area (Å²) in [4.78, 5) is 2.40. The topological polar surface area (TPSA) is 21.7 Å². The van der Waals surface area contributed by atoms with E-state index >= 15 is 0 Å². The molecule has 0 bridgehead atoms. The molecule has 0 spiro atoms. The summed E-state index contributed by atoms with van der Waals surface area (Å²) in [6, 6.07) is 7.74. The van der Waals surface area contributed by atoms with Gasteiger partial charge in [-0.2, -0.15) is 0 Å². The lowest BCUT2D eigenvalue weighted by Gasteiger charge is -2.28. The number of ether oxygens (including phenoxy) is 2. The Morgan fingerprint density at radius 3 is 2.56 bits per heavy atom. The Morgan fingerprint density at radius 1 is 1.22 bits per heavy atom. The van der Waals surface area contributed by atoms with E-state index in [4.69, 9.17) is 21.1 Å². The third-order valence-electron chi connectivity index (χ3n) is 3.25. The van der Waals surface area contributed by atoms with Gasteiger partial charge in [-0.3, -0.25) is 4.90 Å². The molecule has 18 heavy (non-hydrogen) atoms. The van der Waals surface area contributed by atoms with Crippen molar-refractivity contribution in [3.63, 3.8) is 0 Å². The first kappa shape index (κ1) is 13.5. The van der Waals surface area contributed by atoms with Crippen molar-refractivity contribution in [2.45, 2.75) is 18.2 Å². The zero-order valence-electron chi connectivity index (χ0n) is 10.8. The standard InChI is InChI=1S/C14H20ClNO2/c1-17-13-4-2-3-5-14(13)18-11-10-16-8-6-12(15)7-9-16/h2-5,12H,6-11H2,1H3. The number of benzene rings is 1. The fourth-order valence-electron chi connectivity index (χ4n) is 2.15. The first-order valence-corrected chi connectivity index (χ1v) is 6.85. The van der Waals surface area contributed by atoms with Crippen LogP contribution in [0, 0.1) is 0 Å². The van der Waals surface area contributed by atoms with Crippen molar-refractivity contribution in [1.82, 2.24) is 4.90 Å². The molecule has 3 nitrogen and oxygen atoms in total. The molecule has 1 aliphatic heterocycles. The summed E-state index contributed by atoms with van der Waals surface area (Å²) in [5.41, 5.74) is 0. The van der Waals surface area contributed by atoms with Crippen LogP contribution in [0.2, 0.25) is 0 Å². The van der Waals surface area contributed by atoms with Gasteiger partial charge < -0.3 is 9.47 Å². The van der Waals surface area contributed by atoms with Crippen LogP contribution in [0.4, 0.5) is 0 Å². The van der Waals surface area contributed by atoms with Crippen molar-refractivity contribution in [2.75, 3.05) is 33.4 Å². The van der Waals surface area contributed by atoms with E-state index < -0.39 is 0 Å². The van der Waals surface area contributed by atoms with Crippen molar-refractivity contribution in [2.24, 2.45) is 0 Å². The summed E-state index contributed by atoms with van der Waals surface area (Å²) in [6.07, 6.45) is 2.16. The van der Waals surface area contributed by atoms with Crippen LogP contribution < -0.4 is 9.47 Å². The number of para-hydroxylation sites is 2. The molecule has 1 heterocycles. The molecule has 0 atom stereocenters. The summed E-state index contributed by atoms with van der Waals surface area (Å²) in [5.74, 6) is 1.60. The molecule has 100 valence electrons. The maximum atomic E-state index is 6.08. The molecule has 1 aromatic carbocycles. The zero-order chi connectivity index (χ0) is 12.8. The Labute approximate surface area is 114 Å². The molecule has 0 unspecified atom stereocenters. The molecule has 1 fully saturated rings. The van der Waals surface area contributed by atoms with Gasteiger partial charge in [0.2, 0.25) is 0 Å². The SMILES string of the molecule is COc1ccccc1OCCN1CCC(Cl)CC1. The van der Waals surface area contributed by atoms with Gasteiger partial charge in [0.1, 0.15) is 6.61 Å². The minimum atomic E-state index is 0.358. The Bertz CT molecular complexity index is 365. The number of rotatable bonds is 5. The highest BCUT2D eigenvalue weighted by molar-refractivity contribution is 6.20. The first-order valence-electron chi connectivity index (χ1n) is 6.42. The van der Waals surface area contributed by atoms with E-state index in [1.165, 1.54) is 0 Å². The summed E-state index contributed by atoms with van der Waals surface area (Å²) < 4.78 is 11.0. The highest BCUT2D eigenvalue weighted by atomic mass is 35.5. The van der Waals surface area contributed by atoms with Crippen LogP contribution in [0.15, 0.2) is 24.3 Å². The molecule has 1 aromatic rings. The summed E-state index contributed by atoms with van der Waals surface area (Å²) in [6.45, 7) is 3.78. The molecule has 0 N–H and O–H groups in total. The van der Waals surface area contributed by atoms with Crippen molar-refractivity contribution in [3.05, 3.63) is 24.3 Å². The zero-order valence-corrected chi connectivity index (χ0v) is 11.5. The first-order chi connectivity index (χ1) is 8.79. The Morgan fingerprint density at radius 2 is 1.89 bits per heavy atom. The fourth-order valence-corrected chi connectivity index (χ4v) is 2.34. The van der Waals surface area contributed by atoms with Crippen LogP contribution >= 0.6 is 11.6 Å². The van der Waals surface area contributed by atoms with Crippen LogP contribution in [0.1, 0.15) is 12.8 Å². The van der Waals surface area contributed by atoms with Crippen LogP contribution in [-0.4, -0.2) is 43.6 Å². The predicted molar refractivity (Wildman–Crippen MR) is 73.8 cm³/mol. The molecule has 0 aliphatic carbocycles. The maximum absolute atomic E-state index is 6.08. The number of nitrogens with zero attached hydrogens (tertiary/aromatic N) is 1. The van der Waals surface area contributed by atoms with E-state index in [1.807, 2.05) is 24.3 Å². The second-order valence-corrected chi connectivity index (χ2v) is 5.13. The van der Waals surface area contributed by atoms with E-state index in [-0.39, 0.29) is 0 Å². The van der Waals surface area contributed by atoms with Gasteiger partial charge in [-0.1, -0.05) is 12.1 Å². The number of piperidine rings is 1. The van der Waals surface area contributed by atoms with Crippen molar-refractivity contribution in [1.29, 1.82) is 0 Å². The van der Waals surface area contributed by atoms with E-state index in [2.05, 4.69) is 4.90 Å². The van der Waals surface area contributed by atoms with Gasteiger partial charge >= 0.3 is 0 Å². The number of methoxy groups -OCH3 is 1. The number of likely N-dealkylation sites (tertiary alicyclic amines) is 1. The molecule has 0 radical (unpaired) electrons. The van der Waals surface area contributed by atoms with Gasteiger partial charge in [-0.25, -0.2) is 0 Å². The highest BCUT2D eigenvalue weighted by Gasteiger charge is 2.16. The summed E-state index contributed by atoms with van der Waals surface area (Å²) in [5, 5.41) is 0.358. The molecule has 0 amide bonds. The molecular formula is C14H20ClNO2. The van der Waals surface area contributed by atoms with Crippen LogP contribution in [0.3, 0.4) is 0 Å². The Hall–Kier alpha value is -0.930. The van der Waals surface area contributed by atoms with Crippen molar-refractivity contribution >= 4 is 11.6 Å². The largest absolute Gasteiger partial charge is 0.493 e. The van der Waals surface area contributed by atoms with E-state index in [0.717, 1.165) is 44.0 Å². The normalized spacial score (nSPS) is 17.7. The third-order valence-corrected chi connectivity index (χ3v) is 3.69. The lowest BCUT2D eigenvalue weighted by molar-refractivity contribution is 0.182. The van der Waals surface area contributed by atoms with Gasteiger partial charge in [0, 0.05) is 11.9 Å². The fraction of sp³-hybridized carbons (Fsp3) is 0.571. The minimum absolute atomic E-state index is 0.358. The highest BCUT2D eigenvalue weighted by Crippen LogP contribution is 2.25. The molecule has 1 saturated heterocycles. The summed E-state index contributed by atoms with van der Waals surface area (Å²) in [7, 11) is 1.66. The van der Waals surface area contributed by atoms with Gasteiger partial charge in [0.25, 0.3) is 0 Å². The minimum Gasteiger partial charge on any atom is -0.493 e. The van der Waals surface area contributed by atoms with E-state index in [0.29, 0.717) is 12.0 Å². The molecule has 0 aromatic heterocycles. The van der Waals surface area contributed by atoms with Gasteiger partial charge in [0.15, 0.2) is 11.5 Å². The van der Waals surface area contributed by atoms with Gasteiger partial charge in [-0.15, -0.1) is 11.6 Å². The number of hydrogen-bond acceptors (Lipinski definition) is 3. The summed E-state index contributed by atoms with van der Waals surface area (Å²) >= 11 is 6.08. The van der Waals surface area contributed by atoms with Crippen molar-refractivity contribution in [3.8, 4) is 11.5 Å². The lowest BCUT2D eigenvalue weighted by Crippen LogP contribution is -2.36. The second kappa shape index (κ2) is 6.86. The Balaban J connectivity index is 1.75. The van der Waals surface area contributed by atoms with Gasteiger partial charge in [-0.05, 0) is 38.1 Å². The number of hydrogen-bond donors (Lipinski definition) is 0. The Kier molecular flexibility index (Phi) is 5.14. The molecule has 2 rings (SSSR count). The predicted octanol–water partition coefficient (Wildman–Crippen LogP) is 2.78. The number of alkyl halides is 1. The second-order valence-electron chi connectivity index (χ2n) is 4.52. The van der Waals surface area contributed by atoms with Crippen LogP contribution in [0.5, 0.6) is 11.5 Å². The average Bonchev–Trinajstić information content (AvgIpc) is 2.41. The van der Waals surface area contributed by atoms with E-state index in [1.54, 1.807) is 7.11 Å². The quantitative estimate of drug-likeness (QED) is 0.768. The smallest absolute Gasteiger partial charge is 0.161 e. The van der Waals surface area contributed by atoms with Crippen molar-refractivity contribution < 1.29 is 9.47 Å².